The standard InChI is InChI=1S/C21H27N3O7S/c25-18-3-5-20(6-4-18)31-15-19(26)14-22-13-16-9-11-23(12-10-16)32(29,30)21-7-1-17(2-8-21)24(27)28/h1-8,16,19,22,25-26H,9-15H2/t19-/m1/s1. The largest absolute Gasteiger partial charge is 0.508 e. The Morgan fingerprint density at radius 1 is 1.12 bits per heavy atom. The molecule has 1 aliphatic heterocycles. The number of ether oxygens (including phenoxy) is 1. The number of nitro groups is 1. The van der Waals surface area contributed by atoms with Crippen molar-refractivity contribution in [2.75, 3.05) is 32.8 Å². The molecule has 2 aromatic rings. The number of aromatic hydroxyl groups is 1. The van der Waals surface area contributed by atoms with Gasteiger partial charge in [0.2, 0.25) is 10.0 Å². The van der Waals surface area contributed by atoms with Crippen molar-refractivity contribution >= 4 is 15.7 Å². The first-order valence-electron chi connectivity index (χ1n) is 10.3. The number of hydrogen-bond donors (Lipinski definition) is 3. The lowest BCUT2D eigenvalue weighted by atomic mass is 9.98. The van der Waals surface area contributed by atoms with Crippen molar-refractivity contribution in [3.8, 4) is 11.5 Å². The molecule has 0 saturated carbocycles. The van der Waals surface area contributed by atoms with Crippen molar-refractivity contribution in [1.82, 2.24) is 9.62 Å². The van der Waals surface area contributed by atoms with Crippen molar-refractivity contribution in [3.63, 3.8) is 0 Å². The van der Waals surface area contributed by atoms with Crippen LogP contribution >= 0.6 is 0 Å². The van der Waals surface area contributed by atoms with E-state index in [1.807, 2.05) is 0 Å². The fourth-order valence-corrected chi connectivity index (χ4v) is 4.96. The van der Waals surface area contributed by atoms with Crippen LogP contribution in [0, 0.1) is 16.0 Å². The molecule has 3 rings (SSSR count). The van der Waals surface area contributed by atoms with E-state index in [0.29, 0.717) is 44.8 Å². The summed E-state index contributed by atoms with van der Waals surface area (Å²) < 4.78 is 32.4. The number of piperidine rings is 1. The molecule has 0 aromatic heterocycles. The number of rotatable bonds is 10. The second-order valence-electron chi connectivity index (χ2n) is 7.72. The Bertz CT molecular complexity index is 989. The van der Waals surface area contributed by atoms with Crippen LogP contribution < -0.4 is 10.1 Å². The number of phenols is 1. The lowest BCUT2D eigenvalue weighted by Gasteiger charge is -2.31. The molecule has 0 unspecified atom stereocenters. The maximum atomic E-state index is 12.8. The Labute approximate surface area is 186 Å². The van der Waals surface area contributed by atoms with E-state index in [-0.39, 0.29) is 28.9 Å². The molecule has 3 N–H and O–H groups in total. The predicted molar refractivity (Wildman–Crippen MR) is 117 cm³/mol. The van der Waals surface area contributed by atoms with Crippen LogP contribution in [0.15, 0.2) is 53.4 Å². The van der Waals surface area contributed by atoms with Gasteiger partial charge in [-0.05, 0) is 61.7 Å². The first-order chi connectivity index (χ1) is 15.3. The number of non-ortho nitro benzene ring substituents is 1. The number of sulfonamides is 1. The molecule has 2 aromatic carbocycles. The maximum Gasteiger partial charge on any atom is 0.269 e. The molecule has 0 aliphatic carbocycles. The molecule has 1 aliphatic rings. The molecule has 1 saturated heterocycles. The van der Waals surface area contributed by atoms with E-state index < -0.39 is 21.1 Å². The summed E-state index contributed by atoms with van der Waals surface area (Å²) in [5.41, 5.74) is -0.149. The Morgan fingerprint density at radius 2 is 1.75 bits per heavy atom. The second kappa shape index (κ2) is 10.7. The minimum Gasteiger partial charge on any atom is -0.508 e. The van der Waals surface area contributed by atoms with Gasteiger partial charge in [-0.25, -0.2) is 8.42 Å². The van der Waals surface area contributed by atoms with E-state index in [0.717, 1.165) is 0 Å². The van der Waals surface area contributed by atoms with Gasteiger partial charge in [-0.15, -0.1) is 0 Å². The number of phenolic OH excluding ortho intramolecular Hbond substituents is 1. The molecular formula is C21H27N3O7S. The van der Waals surface area contributed by atoms with Crippen molar-refractivity contribution in [2.24, 2.45) is 5.92 Å². The molecule has 1 heterocycles. The van der Waals surface area contributed by atoms with Crippen LogP contribution in [0.4, 0.5) is 5.69 Å². The minimum absolute atomic E-state index is 0.0522. The van der Waals surface area contributed by atoms with Crippen LogP contribution in [0.1, 0.15) is 12.8 Å². The predicted octanol–water partition coefficient (Wildman–Crippen LogP) is 1.73. The van der Waals surface area contributed by atoms with Gasteiger partial charge < -0.3 is 20.3 Å². The van der Waals surface area contributed by atoms with Crippen LogP contribution in [0.5, 0.6) is 11.5 Å². The van der Waals surface area contributed by atoms with Gasteiger partial charge in [0.25, 0.3) is 5.69 Å². The van der Waals surface area contributed by atoms with Gasteiger partial charge in [0.15, 0.2) is 0 Å². The molecule has 1 fully saturated rings. The van der Waals surface area contributed by atoms with Crippen molar-refractivity contribution < 1.29 is 28.3 Å². The third kappa shape index (κ3) is 6.39. The third-order valence-corrected chi connectivity index (χ3v) is 7.26. The number of aliphatic hydroxyl groups is 1. The fraction of sp³-hybridized carbons (Fsp3) is 0.429. The minimum atomic E-state index is -3.68. The lowest BCUT2D eigenvalue weighted by molar-refractivity contribution is -0.384. The van der Waals surface area contributed by atoms with E-state index in [9.17, 15) is 28.7 Å². The summed E-state index contributed by atoms with van der Waals surface area (Å²) in [5, 5.41) is 33.3. The first kappa shape index (κ1) is 23.9. The van der Waals surface area contributed by atoms with E-state index in [1.54, 1.807) is 12.1 Å². The molecular weight excluding hydrogens is 438 g/mol. The Balaban J connectivity index is 1.38. The summed E-state index contributed by atoms with van der Waals surface area (Å²) in [5.74, 6) is 0.984. The summed E-state index contributed by atoms with van der Waals surface area (Å²) >= 11 is 0. The Kier molecular flexibility index (Phi) is 8.02. The van der Waals surface area contributed by atoms with Gasteiger partial charge in [0.1, 0.15) is 24.2 Å². The van der Waals surface area contributed by atoms with Gasteiger partial charge >= 0.3 is 0 Å². The van der Waals surface area contributed by atoms with Crippen molar-refractivity contribution in [2.45, 2.75) is 23.8 Å². The van der Waals surface area contributed by atoms with Crippen LogP contribution in [0.25, 0.3) is 0 Å². The van der Waals surface area contributed by atoms with E-state index in [1.165, 1.54) is 40.7 Å². The Morgan fingerprint density at radius 3 is 2.34 bits per heavy atom. The monoisotopic (exact) mass is 465 g/mol. The maximum absolute atomic E-state index is 12.8. The molecule has 0 spiro atoms. The number of aliphatic hydroxyl groups excluding tert-OH is 1. The molecule has 0 bridgehead atoms. The highest BCUT2D eigenvalue weighted by atomic mass is 32.2. The van der Waals surface area contributed by atoms with Crippen LogP contribution in [0.3, 0.4) is 0 Å². The van der Waals surface area contributed by atoms with Gasteiger partial charge in [-0.3, -0.25) is 10.1 Å². The second-order valence-corrected chi connectivity index (χ2v) is 9.65. The summed E-state index contributed by atoms with van der Waals surface area (Å²) in [6.45, 7) is 1.86. The number of benzene rings is 2. The van der Waals surface area contributed by atoms with Crippen molar-refractivity contribution in [3.05, 3.63) is 58.6 Å². The molecule has 10 nitrogen and oxygen atoms in total. The summed E-state index contributed by atoms with van der Waals surface area (Å²) in [6.07, 6.45) is 0.657. The van der Waals surface area contributed by atoms with E-state index in [2.05, 4.69) is 5.32 Å². The summed E-state index contributed by atoms with van der Waals surface area (Å²) in [7, 11) is -3.68. The van der Waals surface area contributed by atoms with Gasteiger partial charge in [-0.1, -0.05) is 0 Å². The van der Waals surface area contributed by atoms with Gasteiger partial charge in [0.05, 0.1) is 9.82 Å². The van der Waals surface area contributed by atoms with Crippen LogP contribution in [-0.4, -0.2) is 66.7 Å². The average molecular weight is 466 g/mol. The molecule has 174 valence electrons. The quantitative estimate of drug-likeness (QED) is 0.356. The molecule has 32 heavy (non-hydrogen) atoms. The topological polar surface area (TPSA) is 142 Å². The number of nitrogens with one attached hydrogen (secondary N) is 1. The number of hydrogen-bond acceptors (Lipinski definition) is 8. The highest BCUT2D eigenvalue weighted by Crippen LogP contribution is 2.25. The molecule has 0 amide bonds. The zero-order valence-electron chi connectivity index (χ0n) is 17.5. The normalized spacial score (nSPS) is 16.5. The zero-order chi connectivity index (χ0) is 23.1. The van der Waals surface area contributed by atoms with Crippen LogP contribution in [-0.2, 0) is 10.0 Å². The van der Waals surface area contributed by atoms with Gasteiger partial charge in [-0.2, -0.15) is 4.31 Å². The van der Waals surface area contributed by atoms with E-state index >= 15 is 0 Å². The average Bonchev–Trinajstić information content (AvgIpc) is 2.79. The smallest absolute Gasteiger partial charge is 0.269 e. The zero-order valence-corrected chi connectivity index (χ0v) is 18.3. The van der Waals surface area contributed by atoms with Crippen LogP contribution in [0.2, 0.25) is 0 Å². The summed E-state index contributed by atoms with van der Waals surface area (Å²) in [4.78, 5) is 10.2. The molecule has 1 atom stereocenters. The molecule has 0 radical (unpaired) electrons. The highest BCUT2D eigenvalue weighted by molar-refractivity contribution is 7.89. The van der Waals surface area contributed by atoms with E-state index in [4.69, 9.17) is 4.74 Å². The number of nitro benzene ring substituents is 1. The highest BCUT2D eigenvalue weighted by Gasteiger charge is 2.29. The first-order valence-corrected chi connectivity index (χ1v) is 11.7. The molecule has 11 heteroatoms. The Hall–Kier alpha value is -2.73. The van der Waals surface area contributed by atoms with Crippen molar-refractivity contribution in [1.29, 1.82) is 0 Å². The third-order valence-electron chi connectivity index (χ3n) is 5.35. The SMILES string of the molecule is O=[N+]([O-])c1ccc(S(=O)(=O)N2CCC(CNC[C@@H](O)COc3ccc(O)cc3)CC2)cc1. The summed E-state index contributed by atoms with van der Waals surface area (Å²) in [6, 6.07) is 11.2. The number of nitrogens with zero attached hydrogens (tertiary/aromatic N) is 2. The lowest BCUT2D eigenvalue weighted by Crippen LogP contribution is -2.42. The van der Waals surface area contributed by atoms with Gasteiger partial charge in [0, 0.05) is 31.8 Å². The fourth-order valence-electron chi connectivity index (χ4n) is 3.49.